The van der Waals surface area contributed by atoms with Gasteiger partial charge in [-0.1, -0.05) is 187 Å². The lowest BCUT2D eigenvalue weighted by Gasteiger charge is -2.30. The third-order valence-electron chi connectivity index (χ3n) is 11.6. The van der Waals surface area contributed by atoms with Crippen LogP contribution < -0.4 is 10.4 Å². The highest BCUT2D eigenvalue weighted by atomic mass is 14.4. The zero-order valence-corrected chi connectivity index (χ0v) is 32.5. The van der Waals surface area contributed by atoms with Crippen molar-refractivity contribution >= 4 is 28.5 Å². The van der Waals surface area contributed by atoms with Crippen LogP contribution in [0.2, 0.25) is 0 Å². The quantitative estimate of drug-likeness (QED) is 0.172. The molecule has 0 nitrogen and oxygen atoms in total. The first-order chi connectivity index (χ1) is 26.0. The van der Waals surface area contributed by atoms with Gasteiger partial charge in [0.1, 0.15) is 0 Å². The van der Waals surface area contributed by atoms with E-state index in [1.54, 1.807) is 0 Å². The molecule has 0 fully saturated rings. The standard InChI is InChI=1S/C54H47/c1-34-30-45-43(42-25-16-23-35-18-14-15-24-40(35)42)26-17-27-44(45)49(34)51-47-32-38-31-39(53(2,3)4)28-29-41(38)46(47)33-48(52(51)54(5,6)7)50(36-19-10-8-11-20-36)37-21-12-9-13-22-37/h8-31,33,49H,1-7H3. The lowest BCUT2D eigenvalue weighted by Crippen LogP contribution is -2.34. The molecule has 0 spiro atoms. The smallest absolute Gasteiger partial charge is 0.0315 e. The van der Waals surface area contributed by atoms with Crippen molar-refractivity contribution in [3.8, 4) is 22.3 Å². The molecule has 1 atom stereocenters. The van der Waals surface area contributed by atoms with E-state index in [9.17, 15) is 0 Å². The summed E-state index contributed by atoms with van der Waals surface area (Å²) in [5.74, 6) is 0.0783. The highest BCUT2D eigenvalue weighted by molar-refractivity contribution is 6.00. The van der Waals surface area contributed by atoms with Crippen LogP contribution in [0.5, 0.6) is 0 Å². The predicted octanol–water partition coefficient (Wildman–Crippen LogP) is 12.6. The molecular weight excluding hydrogens is 649 g/mol. The van der Waals surface area contributed by atoms with Crippen LogP contribution in [0.15, 0.2) is 151 Å². The van der Waals surface area contributed by atoms with Gasteiger partial charge in [0.05, 0.1) is 0 Å². The summed E-state index contributed by atoms with van der Waals surface area (Å²) in [5, 5.41) is 5.10. The lowest BCUT2D eigenvalue weighted by molar-refractivity contribution is 0.575. The summed E-state index contributed by atoms with van der Waals surface area (Å²) in [6, 6.07) is 54.1. The van der Waals surface area contributed by atoms with Crippen LogP contribution >= 0.6 is 0 Å². The molecule has 2 aliphatic carbocycles. The Labute approximate surface area is 320 Å². The monoisotopic (exact) mass is 695 g/mol. The maximum atomic E-state index is 4.08. The van der Waals surface area contributed by atoms with Crippen molar-refractivity contribution in [1.82, 2.24) is 0 Å². The van der Waals surface area contributed by atoms with Crippen molar-refractivity contribution in [1.29, 1.82) is 0 Å². The predicted molar refractivity (Wildman–Crippen MR) is 230 cm³/mol. The number of rotatable bonds is 4. The fourth-order valence-electron chi connectivity index (χ4n) is 9.15. The minimum atomic E-state index is -0.183. The van der Waals surface area contributed by atoms with Crippen LogP contribution in [0, 0.1) is 0 Å². The summed E-state index contributed by atoms with van der Waals surface area (Å²) in [7, 11) is 0. The normalized spacial score (nSPS) is 14.6. The maximum absolute atomic E-state index is 4.08. The second-order valence-corrected chi connectivity index (χ2v) is 17.3. The minimum absolute atomic E-state index is 0.0410. The van der Waals surface area contributed by atoms with Crippen molar-refractivity contribution in [3.63, 3.8) is 0 Å². The highest BCUT2D eigenvalue weighted by Gasteiger charge is 2.35. The van der Waals surface area contributed by atoms with E-state index in [0.717, 1.165) is 0 Å². The van der Waals surface area contributed by atoms with Gasteiger partial charge in [-0.2, -0.15) is 0 Å². The van der Waals surface area contributed by atoms with Crippen LogP contribution in [-0.4, -0.2) is 0 Å². The molecule has 0 saturated carbocycles. The van der Waals surface area contributed by atoms with E-state index in [1.165, 1.54) is 99.1 Å². The van der Waals surface area contributed by atoms with Crippen molar-refractivity contribution in [2.45, 2.75) is 65.2 Å². The first-order valence-corrected chi connectivity index (χ1v) is 19.4. The topological polar surface area (TPSA) is 0 Å². The van der Waals surface area contributed by atoms with E-state index in [1.807, 2.05) is 0 Å². The zero-order chi connectivity index (χ0) is 37.4. The molecule has 0 aliphatic heterocycles. The Balaban J connectivity index is 1.43. The maximum Gasteiger partial charge on any atom is 0.0315 e. The summed E-state index contributed by atoms with van der Waals surface area (Å²) in [6.45, 7) is 16.5. The van der Waals surface area contributed by atoms with E-state index in [0.29, 0.717) is 0 Å². The Morgan fingerprint density at radius 3 is 1.87 bits per heavy atom. The summed E-state index contributed by atoms with van der Waals surface area (Å²) in [4.78, 5) is 0. The lowest BCUT2D eigenvalue weighted by atomic mass is 9.73. The number of hydrogen-bond acceptors (Lipinski definition) is 0. The third kappa shape index (κ3) is 5.59. The van der Waals surface area contributed by atoms with Crippen LogP contribution in [0.1, 0.15) is 98.9 Å². The number of hydrogen-bond donors (Lipinski definition) is 0. The Kier molecular flexibility index (Phi) is 8.02. The second-order valence-electron chi connectivity index (χ2n) is 17.3. The highest BCUT2D eigenvalue weighted by Crippen LogP contribution is 2.47. The van der Waals surface area contributed by atoms with E-state index in [-0.39, 0.29) is 16.7 Å². The summed E-state index contributed by atoms with van der Waals surface area (Å²) >= 11 is 0. The fraction of sp³-hybridized carbons (Fsp3) is 0.185. The first kappa shape index (κ1) is 34.1. The molecule has 0 heteroatoms. The molecule has 1 unspecified atom stereocenters. The van der Waals surface area contributed by atoms with Crippen LogP contribution in [0.25, 0.3) is 50.8 Å². The summed E-state index contributed by atoms with van der Waals surface area (Å²) in [6.07, 6.45) is 6.55. The second kappa shape index (κ2) is 12.7. The van der Waals surface area contributed by atoms with Gasteiger partial charge in [-0.15, -0.1) is 0 Å². The van der Waals surface area contributed by atoms with E-state index >= 15 is 0 Å². The van der Waals surface area contributed by atoms with Gasteiger partial charge < -0.3 is 0 Å². The Hall–Kier alpha value is -5.72. The fourth-order valence-corrected chi connectivity index (χ4v) is 9.15. The van der Waals surface area contributed by atoms with Crippen molar-refractivity contribution < 1.29 is 0 Å². The molecule has 54 heavy (non-hydrogen) atoms. The molecule has 7 aromatic rings. The van der Waals surface area contributed by atoms with Crippen LogP contribution in [-0.2, 0) is 10.8 Å². The van der Waals surface area contributed by atoms with Crippen LogP contribution in [0.3, 0.4) is 0 Å². The molecule has 9 rings (SSSR count). The van der Waals surface area contributed by atoms with Gasteiger partial charge in [0, 0.05) is 5.92 Å². The van der Waals surface area contributed by atoms with Gasteiger partial charge >= 0.3 is 0 Å². The molecule has 0 aromatic heterocycles. The molecule has 0 amide bonds. The number of allylic oxidation sites excluding steroid dienone is 1. The largest absolute Gasteiger partial charge is 0.0622 e. The van der Waals surface area contributed by atoms with Gasteiger partial charge in [-0.25, -0.2) is 0 Å². The molecule has 1 radical (unpaired) electrons. The number of benzene rings is 7. The average molecular weight is 696 g/mol. The molecule has 0 N–H and O–H groups in total. The molecule has 2 aliphatic rings. The van der Waals surface area contributed by atoms with Crippen molar-refractivity contribution in [2.24, 2.45) is 0 Å². The van der Waals surface area contributed by atoms with Gasteiger partial charge in [0.25, 0.3) is 0 Å². The zero-order valence-electron chi connectivity index (χ0n) is 32.5. The molecule has 7 aromatic carbocycles. The molecule has 0 saturated heterocycles. The Morgan fingerprint density at radius 2 is 1.19 bits per heavy atom. The van der Waals surface area contributed by atoms with E-state index in [4.69, 9.17) is 0 Å². The Bertz CT molecular complexity index is 2720. The van der Waals surface area contributed by atoms with Crippen molar-refractivity contribution in [2.75, 3.05) is 0 Å². The molecular formula is C54H47. The molecule has 0 bridgehead atoms. The van der Waals surface area contributed by atoms with Crippen molar-refractivity contribution in [3.05, 3.63) is 206 Å². The third-order valence-corrected chi connectivity index (χ3v) is 11.6. The van der Waals surface area contributed by atoms with E-state index in [2.05, 4.69) is 206 Å². The van der Waals surface area contributed by atoms with Gasteiger partial charge in [0.2, 0.25) is 0 Å². The molecule has 263 valence electrons. The first-order valence-electron chi connectivity index (χ1n) is 19.4. The summed E-state index contributed by atoms with van der Waals surface area (Å²) in [5.41, 5.74) is 18.1. The average Bonchev–Trinajstić information content (AvgIpc) is 3.70. The van der Waals surface area contributed by atoms with Crippen LogP contribution in [0.4, 0.5) is 0 Å². The van der Waals surface area contributed by atoms with Gasteiger partial charge in [-0.05, 0) is 130 Å². The number of fused-ring (bicyclic) bond motifs is 5. The van der Waals surface area contributed by atoms with E-state index < -0.39 is 0 Å². The summed E-state index contributed by atoms with van der Waals surface area (Å²) < 4.78 is 0. The minimum Gasteiger partial charge on any atom is -0.0622 e. The van der Waals surface area contributed by atoms with Gasteiger partial charge in [-0.3, -0.25) is 0 Å². The molecule has 0 heterocycles. The van der Waals surface area contributed by atoms with Gasteiger partial charge in [0.15, 0.2) is 0 Å². The Morgan fingerprint density at radius 1 is 0.556 bits per heavy atom. The SMILES string of the molecule is CC1=Cc2c(-c3cccc4ccccc34)cccc2C1c1c(C(C)(C)C)c(=C(c2ccccc2)c2ccccc2)cc2c1=[C]c1cc(C(C)(C)C)ccc1-2.